The first-order chi connectivity index (χ1) is 14.8. The minimum Gasteiger partial charge on any atom is -0.280 e. The molecule has 0 spiro atoms. The molecule has 0 amide bonds. The highest BCUT2D eigenvalue weighted by Gasteiger charge is 2.22. The van der Waals surface area contributed by atoms with Crippen molar-refractivity contribution in [3.8, 4) is 0 Å². The van der Waals surface area contributed by atoms with Crippen molar-refractivity contribution in [1.82, 2.24) is 0 Å². The molecule has 1 fully saturated rings. The first kappa shape index (κ1) is 23.0. The summed E-state index contributed by atoms with van der Waals surface area (Å²) >= 11 is 5.81. The molecule has 0 saturated heterocycles. The Balaban J connectivity index is 1.76. The molecule has 0 aliphatic heterocycles. The van der Waals surface area contributed by atoms with Crippen LogP contribution in [-0.4, -0.2) is 19.1 Å². The van der Waals surface area contributed by atoms with E-state index >= 15 is 0 Å². The van der Waals surface area contributed by atoms with E-state index in [2.05, 4.69) is 22.2 Å². The first-order valence-corrected chi connectivity index (χ1v) is 12.0. The summed E-state index contributed by atoms with van der Waals surface area (Å²) in [6.07, 6.45) is 6.26. The predicted molar refractivity (Wildman–Crippen MR) is 123 cm³/mol. The zero-order valence-electron chi connectivity index (χ0n) is 17.2. The van der Waals surface area contributed by atoms with Crippen molar-refractivity contribution in [2.45, 2.75) is 50.3 Å². The molecule has 1 aliphatic rings. The third-order valence-electron chi connectivity index (χ3n) is 5.29. The molecule has 0 atom stereocenters. The van der Waals surface area contributed by atoms with Crippen molar-refractivity contribution in [2.75, 3.05) is 10.1 Å². The Bertz CT molecular complexity index is 1060. The lowest BCUT2D eigenvalue weighted by Crippen LogP contribution is -2.15. The summed E-state index contributed by atoms with van der Waals surface area (Å²) in [6.45, 7) is 2.18. The van der Waals surface area contributed by atoms with Crippen LogP contribution in [0.25, 0.3) is 0 Å². The van der Waals surface area contributed by atoms with Crippen LogP contribution in [0.1, 0.15) is 45.4 Å². The number of nitro groups is 1. The van der Waals surface area contributed by atoms with Crippen LogP contribution in [0, 0.1) is 16.0 Å². The van der Waals surface area contributed by atoms with Crippen LogP contribution in [-0.2, 0) is 10.0 Å². The van der Waals surface area contributed by atoms with E-state index in [0.717, 1.165) is 43.4 Å². The number of hydrogen-bond acceptors (Lipinski definition) is 6. The van der Waals surface area contributed by atoms with Gasteiger partial charge in [-0.1, -0.05) is 31.4 Å². The molecule has 0 radical (unpaired) electrons. The number of sulfonamides is 1. The van der Waals surface area contributed by atoms with Gasteiger partial charge in [0, 0.05) is 22.5 Å². The second-order valence-corrected chi connectivity index (χ2v) is 9.69. The molecular formula is C21H25ClN4O4S. The summed E-state index contributed by atoms with van der Waals surface area (Å²) in [4.78, 5) is 10.7. The standard InChI is InChI=1S/C21H25ClN4O4S/c1-2-3-15-4-8-17(9-5-15)23-24-20-13-12-19(14-21(20)26(27)28)31(29,30)25-18-10-6-16(22)7-11-18/h6-7,10-15,24-25H,2-5,8-9H2,1H3. The number of rotatable bonds is 8. The van der Waals surface area contributed by atoms with Crippen LogP contribution in [0.3, 0.4) is 0 Å². The molecule has 8 nitrogen and oxygen atoms in total. The molecule has 1 saturated carbocycles. The zero-order valence-corrected chi connectivity index (χ0v) is 18.7. The molecular weight excluding hydrogens is 440 g/mol. The quantitative estimate of drug-likeness (QED) is 0.378. The smallest absolute Gasteiger partial charge is 0.280 e. The van der Waals surface area contributed by atoms with Crippen LogP contribution >= 0.6 is 11.6 Å². The highest BCUT2D eigenvalue weighted by molar-refractivity contribution is 7.92. The number of hydrazone groups is 1. The Kier molecular flexibility index (Phi) is 7.50. The van der Waals surface area contributed by atoms with Gasteiger partial charge < -0.3 is 0 Å². The summed E-state index contributed by atoms with van der Waals surface area (Å²) in [5.41, 5.74) is 3.84. The van der Waals surface area contributed by atoms with Gasteiger partial charge in [-0.05, 0) is 68.0 Å². The molecule has 31 heavy (non-hydrogen) atoms. The van der Waals surface area contributed by atoms with E-state index in [0.29, 0.717) is 10.7 Å². The van der Waals surface area contributed by atoms with Crippen LogP contribution < -0.4 is 10.1 Å². The summed E-state index contributed by atoms with van der Waals surface area (Å²) in [7, 11) is -4.01. The molecule has 0 unspecified atom stereocenters. The van der Waals surface area contributed by atoms with E-state index in [4.69, 9.17) is 11.6 Å². The zero-order chi connectivity index (χ0) is 22.4. The monoisotopic (exact) mass is 464 g/mol. The molecule has 0 bridgehead atoms. The van der Waals surface area contributed by atoms with Crippen molar-refractivity contribution in [3.05, 3.63) is 57.6 Å². The van der Waals surface area contributed by atoms with Crippen LogP contribution in [0.15, 0.2) is 52.5 Å². The third-order valence-corrected chi connectivity index (χ3v) is 6.92. The number of nitrogens with one attached hydrogen (secondary N) is 2. The average Bonchev–Trinajstić information content (AvgIpc) is 2.75. The van der Waals surface area contributed by atoms with Crippen LogP contribution in [0.4, 0.5) is 17.1 Å². The highest BCUT2D eigenvalue weighted by Crippen LogP contribution is 2.30. The van der Waals surface area contributed by atoms with Crippen molar-refractivity contribution in [3.63, 3.8) is 0 Å². The fourth-order valence-corrected chi connectivity index (χ4v) is 4.82. The van der Waals surface area contributed by atoms with Gasteiger partial charge in [0.2, 0.25) is 0 Å². The van der Waals surface area contributed by atoms with Gasteiger partial charge in [-0.3, -0.25) is 20.3 Å². The predicted octanol–water partition coefficient (Wildman–Crippen LogP) is 5.81. The normalized spacial score (nSPS) is 16.6. The van der Waals surface area contributed by atoms with Gasteiger partial charge >= 0.3 is 0 Å². The Morgan fingerprint density at radius 2 is 1.84 bits per heavy atom. The van der Waals surface area contributed by atoms with Gasteiger partial charge in [0.05, 0.1) is 9.82 Å². The van der Waals surface area contributed by atoms with E-state index in [9.17, 15) is 18.5 Å². The molecule has 2 aromatic carbocycles. The Morgan fingerprint density at radius 1 is 1.16 bits per heavy atom. The SMILES string of the molecule is CCCC1CCC(=NNc2ccc(S(=O)(=O)Nc3ccc(Cl)cc3)cc2[N+](=O)[O-])CC1. The summed E-state index contributed by atoms with van der Waals surface area (Å²) in [6, 6.07) is 9.81. The second kappa shape index (κ2) is 10.1. The number of nitrogens with zero attached hydrogens (tertiary/aromatic N) is 2. The molecule has 2 N–H and O–H groups in total. The van der Waals surface area contributed by atoms with Crippen molar-refractivity contribution in [2.24, 2.45) is 11.0 Å². The average molecular weight is 465 g/mol. The second-order valence-electron chi connectivity index (χ2n) is 7.57. The molecule has 0 aromatic heterocycles. The fraction of sp³-hybridized carbons (Fsp3) is 0.381. The number of anilines is 2. The van der Waals surface area contributed by atoms with Gasteiger partial charge in [0.1, 0.15) is 5.69 Å². The summed E-state index contributed by atoms with van der Waals surface area (Å²) < 4.78 is 27.7. The Hall–Kier alpha value is -2.65. The van der Waals surface area contributed by atoms with Crippen LogP contribution in [0.2, 0.25) is 5.02 Å². The number of halogens is 1. The molecule has 166 valence electrons. The molecule has 1 aliphatic carbocycles. The van der Waals surface area contributed by atoms with Crippen molar-refractivity contribution < 1.29 is 13.3 Å². The van der Waals surface area contributed by atoms with Gasteiger partial charge in [-0.25, -0.2) is 8.42 Å². The van der Waals surface area contributed by atoms with Gasteiger partial charge in [0.15, 0.2) is 0 Å². The topological polar surface area (TPSA) is 114 Å². The van der Waals surface area contributed by atoms with Crippen LogP contribution in [0.5, 0.6) is 0 Å². The number of benzene rings is 2. The van der Waals surface area contributed by atoms with E-state index in [-0.39, 0.29) is 16.3 Å². The number of hydrogen-bond donors (Lipinski definition) is 2. The lowest BCUT2D eigenvalue weighted by molar-refractivity contribution is -0.384. The first-order valence-electron chi connectivity index (χ1n) is 10.2. The number of nitro benzene ring substituents is 1. The maximum atomic E-state index is 12.6. The summed E-state index contributed by atoms with van der Waals surface area (Å²) in [5, 5.41) is 16.4. The molecule has 10 heteroatoms. The minimum atomic E-state index is -4.01. The van der Waals surface area contributed by atoms with Gasteiger partial charge in [-0.15, -0.1) is 0 Å². The largest absolute Gasteiger partial charge is 0.295 e. The van der Waals surface area contributed by atoms with Crippen molar-refractivity contribution >= 4 is 44.4 Å². The highest BCUT2D eigenvalue weighted by atomic mass is 35.5. The maximum absolute atomic E-state index is 12.6. The minimum absolute atomic E-state index is 0.152. The van der Waals surface area contributed by atoms with E-state index < -0.39 is 14.9 Å². The van der Waals surface area contributed by atoms with E-state index in [1.165, 1.54) is 37.1 Å². The Labute approximate surface area is 186 Å². The van der Waals surface area contributed by atoms with Gasteiger partial charge in [0.25, 0.3) is 15.7 Å². The lowest BCUT2D eigenvalue weighted by Gasteiger charge is -2.22. The van der Waals surface area contributed by atoms with Crippen molar-refractivity contribution in [1.29, 1.82) is 0 Å². The maximum Gasteiger partial charge on any atom is 0.295 e. The van der Waals surface area contributed by atoms with Gasteiger partial charge in [-0.2, -0.15) is 5.10 Å². The fourth-order valence-electron chi connectivity index (χ4n) is 3.62. The summed E-state index contributed by atoms with van der Waals surface area (Å²) in [5.74, 6) is 0.718. The lowest BCUT2D eigenvalue weighted by atomic mass is 9.85. The molecule has 3 rings (SSSR count). The third kappa shape index (κ3) is 6.18. The molecule has 0 heterocycles. The van der Waals surface area contributed by atoms with E-state index in [1.807, 2.05) is 0 Å². The molecule has 2 aromatic rings. The Morgan fingerprint density at radius 3 is 2.45 bits per heavy atom. The van der Waals surface area contributed by atoms with E-state index in [1.54, 1.807) is 12.1 Å².